The van der Waals surface area contributed by atoms with Crippen molar-refractivity contribution in [2.45, 2.75) is 77.7 Å². The third kappa shape index (κ3) is 7.04. The fraction of sp³-hybridized carbons (Fsp3) is 0.750. The number of carbonyl (C=O) groups is 1. The molecule has 0 unspecified atom stereocenters. The maximum absolute atomic E-state index is 10.8. The first-order chi connectivity index (χ1) is 9.75. The molecule has 114 valence electrons. The minimum atomic E-state index is -1.06. The molecule has 1 aromatic heterocycles. The second kappa shape index (κ2) is 10.8. The Hall–Kier alpha value is -0.900. The summed E-state index contributed by atoms with van der Waals surface area (Å²) in [6, 6.07) is 0. The van der Waals surface area contributed by atoms with E-state index in [4.69, 9.17) is 0 Å². The molecule has 0 N–H and O–H groups in total. The number of aromatic nitrogens is 1. The highest BCUT2D eigenvalue weighted by atomic mass is 32.1. The van der Waals surface area contributed by atoms with E-state index in [1.807, 2.05) is 6.20 Å². The molecule has 0 aliphatic rings. The van der Waals surface area contributed by atoms with Crippen LogP contribution in [0.25, 0.3) is 0 Å². The predicted octanol–water partition coefficient (Wildman–Crippen LogP) is 3.32. The monoisotopic (exact) mass is 297 g/mol. The molecule has 0 saturated heterocycles. The van der Waals surface area contributed by atoms with Crippen molar-refractivity contribution in [3.05, 3.63) is 16.6 Å². The molecule has 0 aliphatic carbocycles. The van der Waals surface area contributed by atoms with Crippen molar-refractivity contribution in [1.29, 1.82) is 0 Å². The van der Waals surface area contributed by atoms with Crippen LogP contribution in [0.2, 0.25) is 0 Å². The van der Waals surface area contributed by atoms with Gasteiger partial charge in [0.25, 0.3) is 5.01 Å². The molecule has 1 rings (SSSR count). The van der Waals surface area contributed by atoms with E-state index in [1.165, 1.54) is 69.1 Å². The van der Waals surface area contributed by atoms with Gasteiger partial charge in [0.15, 0.2) is 12.2 Å². The number of carboxylic acids is 1. The van der Waals surface area contributed by atoms with Crippen LogP contribution in [0.3, 0.4) is 0 Å². The SMILES string of the molecule is CCCCCCCCCCCC[n+]1ccsc1C(=O)[O-]. The maximum Gasteiger partial charge on any atom is 0.284 e. The van der Waals surface area contributed by atoms with Gasteiger partial charge in [-0.2, -0.15) is 4.57 Å². The minimum absolute atomic E-state index is 0.334. The van der Waals surface area contributed by atoms with Crippen LogP contribution in [0.1, 0.15) is 80.9 Å². The van der Waals surface area contributed by atoms with Crippen molar-refractivity contribution in [3.63, 3.8) is 0 Å². The normalized spacial score (nSPS) is 10.8. The summed E-state index contributed by atoms with van der Waals surface area (Å²) in [4.78, 5) is 10.8. The standard InChI is InChI=1S/C16H27NO2S/c1-2-3-4-5-6-7-8-9-10-11-12-17-13-14-20-15(17)16(18)19/h13-14H,2-12H2,1H3. The quantitative estimate of drug-likeness (QED) is 0.439. The molecule has 0 bridgehead atoms. The average Bonchev–Trinajstić information content (AvgIpc) is 2.89. The zero-order chi connectivity index (χ0) is 14.6. The molecule has 1 heterocycles. The molecule has 0 atom stereocenters. The largest absolute Gasteiger partial charge is 0.539 e. The summed E-state index contributed by atoms with van der Waals surface area (Å²) in [6.45, 7) is 3.04. The number of aryl methyl sites for hydroxylation is 1. The zero-order valence-corrected chi connectivity index (χ0v) is 13.4. The predicted molar refractivity (Wildman–Crippen MR) is 80.7 cm³/mol. The summed E-state index contributed by atoms with van der Waals surface area (Å²) in [5.41, 5.74) is 0. The van der Waals surface area contributed by atoms with Gasteiger partial charge in [0.2, 0.25) is 0 Å². The van der Waals surface area contributed by atoms with Gasteiger partial charge in [0, 0.05) is 6.42 Å². The van der Waals surface area contributed by atoms with Gasteiger partial charge in [-0.15, -0.1) is 0 Å². The van der Waals surface area contributed by atoms with Gasteiger partial charge < -0.3 is 9.90 Å². The van der Waals surface area contributed by atoms with Gasteiger partial charge in [-0.05, 0) is 6.42 Å². The Morgan fingerprint density at radius 3 is 2.15 bits per heavy atom. The first-order valence-corrected chi connectivity index (χ1v) is 8.82. The Morgan fingerprint density at radius 1 is 1.05 bits per heavy atom. The average molecular weight is 297 g/mol. The Labute approximate surface area is 126 Å². The Balaban J connectivity index is 1.97. The lowest BCUT2D eigenvalue weighted by atomic mass is 10.1. The summed E-state index contributed by atoms with van der Waals surface area (Å²) in [6.07, 6.45) is 14.8. The number of nitrogens with zero attached hydrogens (tertiary/aromatic N) is 1. The first kappa shape index (κ1) is 17.2. The van der Waals surface area contributed by atoms with Crippen LogP contribution in [0.4, 0.5) is 0 Å². The van der Waals surface area contributed by atoms with E-state index in [0.717, 1.165) is 13.0 Å². The van der Waals surface area contributed by atoms with Gasteiger partial charge in [0.1, 0.15) is 6.54 Å². The summed E-state index contributed by atoms with van der Waals surface area (Å²) in [7, 11) is 0. The lowest BCUT2D eigenvalue weighted by molar-refractivity contribution is -0.696. The van der Waals surface area contributed by atoms with Crippen LogP contribution in [0, 0.1) is 0 Å². The molecule has 0 aliphatic heterocycles. The molecule has 1 aromatic rings. The molecule has 0 spiro atoms. The molecule has 0 fully saturated rings. The number of rotatable bonds is 12. The number of carboxylic acid groups (broad SMARTS) is 1. The van der Waals surface area contributed by atoms with Gasteiger partial charge in [-0.1, -0.05) is 69.6 Å². The second-order valence-corrected chi connectivity index (χ2v) is 6.27. The Kier molecular flexibility index (Phi) is 9.29. The van der Waals surface area contributed by atoms with Crippen LogP contribution in [-0.2, 0) is 6.54 Å². The summed E-state index contributed by atoms with van der Waals surface area (Å²) >= 11 is 1.24. The molecule has 0 radical (unpaired) electrons. The summed E-state index contributed by atoms with van der Waals surface area (Å²) < 4.78 is 1.80. The zero-order valence-electron chi connectivity index (χ0n) is 12.6. The van der Waals surface area contributed by atoms with Gasteiger partial charge in [-0.25, -0.2) is 0 Å². The first-order valence-electron chi connectivity index (χ1n) is 7.94. The highest BCUT2D eigenvalue weighted by Gasteiger charge is 2.12. The minimum Gasteiger partial charge on any atom is -0.539 e. The van der Waals surface area contributed by atoms with E-state index in [1.54, 1.807) is 9.95 Å². The number of carbonyl (C=O) groups excluding carboxylic acids is 1. The van der Waals surface area contributed by atoms with Gasteiger partial charge >= 0.3 is 0 Å². The number of hydrogen-bond acceptors (Lipinski definition) is 3. The topological polar surface area (TPSA) is 44.0 Å². The Bertz CT molecular complexity index is 376. The second-order valence-electron chi connectivity index (χ2n) is 5.37. The molecule has 20 heavy (non-hydrogen) atoms. The molecule has 0 amide bonds. The van der Waals surface area contributed by atoms with E-state index in [2.05, 4.69) is 6.92 Å². The van der Waals surface area contributed by atoms with E-state index >= 15 is 0 Å². The van der Waals surface area contributed by atoms with E-state index in [9.17, 15) is 9.90 Å². The smallest absolute Gasteiger partial charge is 0.284 e. The third-order valence-electron chi connectivity index (χ3n) is 3.61. The van der Waals surface area contributed by atoms with Crippen LogP contribution in [0.5, 0.6) is 0 Å². The van der Waals surface area contributed by atoms with Crippen LogP contribution >= 0.6 is 11.3 Å². The Morgan fingerprint density at radius 2 is 1.60 bits per heavy atom. The summed E-state index contributed by atoms with van der Waals surface area (Å²) in [5.74, 6) is -1.06. The summed E-state index contributed by atoms with van der Waals surface area (Å²) in [5, 5.41) is 13.0. The van der Waals surface area contributed by atoms with Crippen LogP contribution < -0.4 is 9.67 Å². The van der Waals surface area contributed by atoms with E-state index in [-0.39, 0.29) is 0 Å². The third-order valence-corrected chi connectivity index (χ3v) is 4.49. The maximum atomic E-state index is 10.8. The lowest BCUT2D eigenvalue weighted by Crippen LogP contribution is -2.41. The fourth-order valence-electron chi connectivity index (χ4n) is 2.41. The lowest BCUT2D eigenvalue weighted by Gasteiger charge is -2.02. The molecule has 0 saturated carbocycles. The van der Waals surface area contributed by atoms with Crippen LogP contribution in [-0.4, -0.2) is 5.97 Å². The van der Waals surface area contributed by atoms with Crippen molar-refractivity contribution < 1.29 is 14.5 Å². The van der Waals surface area contributed by atoms with Crippen molar-refractivity contribution in [2.24, 2.45) is 0 Å². The number of thiazole rings is 1. The van der Waals surface area contributed by atoms with Crippen molar-refractivity contribution in [3.8, 4) is 0 Å². The highest BCUT2D eigenvalue weighted by Crippen LogP contribution is 2.10. The van der Waals surface area contributed by atoms with Crippen molar-refractivity contribution in [2.75, 3.05) is 0 Å². The van der Waals surface area contributed by atoms with Crippen LogP contribution in [0.15, 0.2) is 11.6 Å². The molecular weight excluding hydrogens is 270 g/mol. The number of aromatic carboxylic acids is 1. The highest BCUT2D eigenvalue weighted by molar-refractivity contribution is 7.11. The van der Waals surface area contributed by atoms with E-state index < -0.39 is 5.97 Å². The van der Waals surface area contributed by atoms with E-state index in [0.29, 0.717) is 5.01 Å². The van der Waals surface area contributed by atoms with Crippen molar-refractivity contribution in [1.82, 2.24) is 0 Å². The molecular formula is C16H27NO2S. The fourth-order valence-corrected chi connectivity index (χ4v) is 3.14. The van der Waals surface area contributed by atoms with Gasteiger partial charge in [0.05, 0.1) is 5.38 Å². The molecule has 3 nitrogen and oxygen atoms in total. The van der Waals surface area contributed by atoms with Crippen molar-refractivity contribution >= 4 is 17.3 Å². The number of hydrogen-bond donors (Lipinski definition) is 0. The molecule has 0 aromatic carbocycles. The molecule has 4 heteroatoms. The number of unbranched alkanes of at least 4 members (excludes halogenated alkanes) is 9. The van der Waals surface area contributed by atoms with Gasteiger partial charge in [-0.3, -0.25) is 0 Å².